The van der Waals surface area contributed by atoms with Crippen molar-refractivity contribution >= 4 is 85.0 Å². The second kappa shape index (κ2) is 40.1. The maximum Gasteiger partial charge on any atom is 0.234 e. The predicted octanol–water partition coefficient (Wildman–Crippen LogP) is 12.2. The number of nitrogens with zero attached hydrogens (tertiary/aromatic N) is 25. The number of aryl methyl sites for hydroxylation is 4. The average Bonchev–Trinajstić information content (AvgIpc) is 1.60. The molecule has 1 aliphatic carbocycles. The van der Waals surface area contributed by atoms with Crippen LogP contribution >= 0.6 is 0 Å². The number of nitriles is 1. The van der Waals surface area contributed by atoms with Gasteiger partial charge in [-0.1, -0.05) is 54.6 Å². The van der Waals surface area contributed by atoms with Crippen LogP contribution in [0.4, 0.5) is 11.5 Å². The molecule has 0 saturated carbocycles. The molecule has 24 rings (SSSR count). The summed E-state index contributed by atoms with van der Waals surface area (Å²) in [5, 5.41) is 51.1. The summed E-state index contributed by atoms with van der Waals surface area (Å²) in [5.74, 6) is 2.25. The molecule has 0 radical (unpaired) electrons. The highest BCUT2D eigenvalue weighted by Crippen LogP contribution is 2.47. The fraction of sp³-hybridized carbons (Fsp3) is 0.462. The van der Waals surface area contributed by atoms with Gasteiger partial charge in [0.2, 0.25) is 35.4 Å². The number of amides is 6. The van der Waals surface area contributed by atoms with Crippen LogP contribution in [-0.2, 0) is 121 Å². The molecular weight excluding hydrogens is 1800 g/mol. The number of hydrogen-bond acceptors (Lipinski definition) is 22. The summed E-state index contributed by atoms with van der Waals surface area (Å²) in [4.78, 5) is 101. The van der Waals surface area contributed by atoms with Crippen molar-refractivity contribution in [2.24, 2.45) is 38.9 Å². The molecule has 6 amide bonds. The SMILES string of the molecule is CC(=O)N1CCc2c(c(-c3cccc4cc(-c5cn(C)nc5C#N)ncc34)nn2C2CCOCC2)C1.CC(=O)N1CCc2c(c(-n3c(C)cc4cc(-c5cnn(C)c5)ncc43)nn2C2CCOCC2)C1.CC(=O)N1CCc2c(c(C3=CC=CC4C(=O)N(c5cnn(C)c5)CCC34)nn2C2CCOCC2)C1.CNC(=O)[C@H]1CCN(c2cc3cccc(-c4nn(C5CCOCC5)c5c4CN(C(C)=O)CC5)c3cn2)C1. The van der Waals surface area contributed by atoms with Crippen molar-refractivity contribution in [3.63, 3.8) is 0 Å². The van der Waals surface area contributed by atoms with Gasteiger partial charge in [0, 0.05) is 320 Å². The molecule has 0 spiro atoms. The topological polar surface area (TPSA) is 363 Å². The van der Waals surface area contributed by atoms with Gasteiger partial charge in [-0.2, -0.15) is 41.0 Å². The first-order chi connectivity index (χ1) is 69.1. The van der Waals surface area contributed by atoms with E-state index < -0.39 is 0 Å². The number of benzene rings is 2. The number of hydrogen-bond donors (Lipinski definition) is 1. The van der Waals surface area contributed by atoms with Gasteiger partial charge in [-0.15, -0.1) is 0 Å². The lowest BCUT2D eigenvalue weighted by Gasteiger charge is -2.38. The second-order valence-corrected chi connectivity index (χ2v) is 39.3. The quantitative estimate of drug-likeness (QED) is 0.112. The van der Waals surface area contributed by atoms with Crippen LogP contribution < -0.4 is 15.1 Å². The lowest BCUT2D eigenvalue weighted by Crippen LogP contribution is -2.46. The number of carbonyl (C=O) groups excluding carboxylic acids is 6. The van der Waals surface area contributed by atoms with Gasteiger partial charge in [0.15, 0.2) is 11.5 Å². The summed E-state index contributed by atoms with van der Waals surface area (Å²) in [6.45, 7) is 22.1. The summed E-state index contributed by atoms with van der Waals surface area (Å²) in [6.07, 6.45) is 33.7. The molecule has 0 bridgehead atoms. The van der Waals surface area contributed by atoms with Crippen LogP contribution in [0.3, 0.4) is 0 Å². The lowest BCUT2D eigenvalue weighted by atomic mass is 9.75. The summed E-state index contributed by atoms with van der Waals surface area (Å²) in [6, 6.07) is 24.3. The molecule has 11 aromatic heterocycles. The Hall–Kier alpha value is -14.2. The maximum absolute atomic E-state index is 13.5. The Labute approximate surface area is 823 Å². The fourth-order valence-electron chi connectivity index (χ4n) is 23.0. The van der Waals surface area contributed by atoms with E-state index in [-0.39, 0.29) is 53.2 Å². The monoisotopic (exact) mass is 1920 g/mol. The third-order valence-corrected chi connectivity index (χ3v) is 30.6. The van der Waals surface area contributed by atoms with E-state index in [1.165, 1.54) is 22.8 Å². The van der Waals surface area contributed by atoms with Gasteiger partial charge in [-0.25, -0.2) is 4.98 Å². The Morgan fingerprint density at radius 2 is 0.965 bits per heavy atom. The molecule has 1 N–H and O–H groups in total. The number of carbonyl (C=O) groups is 6. The highest BCUT2D eigenvalue weighted by molar-refractivity contribution is 6.01. The van der Waals surface area contributed by atoms with Crippen molar-refractivity contribution in [1.82, 2.24) is 113 Å². The molecule has 13 aromatic rings. The third kappa shape index (κ3) is 18.4. The van der Waals surface area contributed by atoms with Crippen LogP contribution in [-0.4, -0.2) is 249 Å². The Morgan fingerprint density at radius 1 is 0.479 bits per heavy atom. The number of rotatable bonds is 13. The van der Waals surface area contributed by atoms with Gasteiger partial charge in [-0.05, 0) is 112 Å². The minimum Gasteiger partial charge on any atom is -0.381 e. The molecule has 6 fully saturated rings. The van der Waals surface area contributed by atoms with Gasteiger partial charge in [-0.3, -0.25) is 76.1 Å². The highest BCUT2D eigenvalue weighted by atomic mass is 16.5. The van der Waals surface area contributed by atoms with E-state index in [0.29, 0.717) is 86.9 Å². The van der Waals surface area contributed by atoms with Crippen molar-refractivity contribution in [1.29, 1.82) is 5.26 Å². The number of nitrogens with one attached hydrogen (secondary N) is 1. The number of fused-ring (bicyclic) bond motifs is 8. The first-order valence-corrected chi connectivity index (χ1v) is 50.2. The molecule has 36 heteroatoms. The van der Waals surface area contributed by atoms with E-state index in [1.807, 2.05) is 106 Å². The van der Waals surface area contributed by atoms with Crippen molar-refractivity contribution in [2.75, 3.05) is 116 Å². The zero-order valence-electron chi connectivity index (χ0n) is 82.3. The number of allylic oxidation sites excluding steroid dienone is 3. The van der Waals surface area contributed by atoms with E-state index in [2.05, 4.69) is 116 Å². The van der Waals surface area contributed by atoms with Crippen LogP contribution in [0.2, 0.25) is 0 Å². The number of anilines is 2. The Morgan fingerprint density at radius 3 is 1.48 bits per heavy atom. The fourth-order valence-corrected chi connectivity index (χ4v) is 23.0. The van der Waals surface area contributed by atoms with Crippen molar-refractivity contribution in [2.45, 2.75) is 175 Å². The molecular formula is C106H122N26O10. The molecule has 142 heavy (non-hydrogen) atoms. The number of piperidine rings is 1. The van der Waals surface area contributed by atoms with Gasteiger partial charge in [0.25, 0.3) is 0 Å². The standard InChI is InChI=1S/C28H34N6O3.C27H27N7O2.C26H32N6O3.C25H29N7O2/c1-18(35)32-11-7-25-24(17-32)27(31-34(25)21-8-12-37-13-9-21)22-5-3-4-19-14-26(30-15-23(19)22)33-10-6-20(16-33)28(36)29-2;1-17(35)33-9-6-26-23(16-33)27(31-34(26)19-7-10-36-11-8-19)20-5-3-4-18-12-24(29-14-21(18)20)22-15-32(2)30-25(22)13-28;1-17(33)30-10-7-24-23(16-30)25(28-32(24)18-8-12-35-13-9-18)21-4-3-5-22-20(21)6-11-31(26(22)34)19-14-27-29(2)15-19;1-16-10-18-11-22(19-12-27-29(3)14-19)26-13-24(18)31(16)25-21-15-30(17(2)33)7-4-23(21)32(28-25)20-5-8-34-9-6-20/h3-5,14-15,20-21H,6-13,16-17H2,1-2H3,(H,29,36);3-5,12,14-15,19H,6-11,16H2,1-2H3;3-5,14-15,18,20,22H,6-13,16H2,1-2H3;10-14,20H,4-9,15H2,1-3H3/t20-;;;/m0.../s1. The molecule has 10 aliphatic heterocycles. The molecule has 2 unspecified atom stereocenters. The minimum absolute atomic E-state index is 0.00118. The molecule has 6 saturated heterocycles. The molecule has 2 aromatic carbocycles. The van der Waals surface area contributed by atoms with Crippen LogP contribution in [0, 0.1) is 36.0 Å². The maximum atomic E-state index is 13.5. The van der Waals surface area contributed by atoms with Crippen molar-refractivity contribution in [3.05, 3.63) is 191 Å². The van der Waals surface area contributed by atoms with Crippen LogP contribution in [0.25, 0.3) is 88.9 Å². The molecule has 11 aliphatic rings. The Balaban J connectivity index is 0.000000112. The van der Waals surface area contributed by atoms with E-state index in [1.54, 1.807) is 62.0 Å². The smallest absolute Gasteiger partial charge is 0.234 e. The van der Waals surface area contributed by atoms with Crippen LogP contribution in [0.15, 0.2) is 128 Å². The molecule has 36 nitrogen and oxygen atoms in total. The molecule has 3 atom stereocenters. The van der Waals surface area contributed by atoms with E-state index in [4.69, 9.17) is 54.3 Å². The number of pyridine rings is 3. The summed E-state index contributed by atoms with van der Waals surface area (Å²) in [7, 11) is 7.26. The lowest BCUT2D eigenvalue weighted by molar-refractivity contribution is -0.130. The minimum atomic E-state index is -0.222. The zero-order valence-corrected chi connectivity index (χ0v) is 82.3. The summed E-state index contributed by atoms with van der Waals surface area (Å²) in [5.41, 5.74) is 22.2. The second-order valence-electron chi connectivity index (χ2n) is 39.3. The van der Waals surface area contributed by atoms with Crippen molar-refractivity contribution in [3.8, 4) is 56.9 Å². The van der Waals surface area contributed by atoms with Crippen LogP contribution in [0.5, 0.6) is 0 Å². The molecule has 21 heterocycles. The number of ether oxygens (including phenoxy) is 4. The van der Waals surface area contributed by atoms with Gasteiger partial charge in [0.05, 0.1) is 106 Å². The normalized spacial score (nSPS) is 19.6. The van der Waals surface area contributed by atoms with E-state index in [0.717, 1.165) is 292 Å². The van der Waals surface area contributed by atoms with Gasteiger partial charge < -0.3 is 53.7 Å². The number of aromatic nitrogens is 18. The summed E-state index contributed by atoms with van der Waals surface area (Å²) >= 11 is 0. The van der Waals surface area contributed by atoms with Crippen LogP contribution in [0.1, 0.15) is 178 Å². The summed E-state index contributed by atoms with van der Waals surface area (Å²) < 4.78 is 38.7. The zero-order chi connectivity index (χ0) is 97.8. The molecule has 736 valence electrons. The predicted molar refractivity (Wildman–Crippen MR) is 533 cm³/mol. The average molecular weight is 1920 g/mol. The van der Waals surface area contributed by atoms with E-state index in [9.17, 15) is 34.0 Å². The van der Waals surface area contributed by atoms with E-state index >= 15 is 0 Å². The first kappa shape index (κ1) is 94.1. The largest absolute Gasteiger partial charge is 0.381 e. The first-order valence-electron chi connectivity index (χ1n) is 50.2. The van der Waals surface area contributed by atoms with Gasteiger partial charge in [0.1, 0.15) is 11.9 Å². The Kier molecular flexibility index (Phi) is 26.6. The highest BCUT2D eigenvalue weighted by Gasteiger charge is 2.44. The third-order valence-electron chi connectivity index (χ3n) is 30.6. The van der Waals surface area contributed by atoms with Gasteiger partial charge >= 0.3 is 0 Å². The van der Waals surface area contributed by atoms with Crippen molar-refractivity contribution < 1.29 is 47.7 Å². The Bertz CT molecular complexity index is 7140.